The molecular formula is C18H25N5O3S2. The summed E-state index contributed by atoms with van der Waals surface area (Å²) in [5.74, 6) is 0.531. The highest BCUT2D eigenvalue weighted by atomic mass is 32.2. The molecule has 1 heterocycles. The lowest BCUT2D eigenvalue weighted by Crippen LogP contribution is -2.32. The van der Waals surface area contributed by atoms with Gasteiger partial charge in [-0.05, 0) is 61.2 Å². The number of aromatic amines is 1. The smallest absolute Gasteiger partial charge is 0.240 e. The Morgan fingerprint density at radius 3 is 2.71 bits per heavy atom. The molecule has 8 nitrogen and oxygen atoms in total. The maximum atomic E-state index is 12.5. The Morgan fingerprint density at radius 1 is 1.25 bits per heavy atom. The van der Waals surface area contributed by atoms with Gasteiger partial charge in [0.1, 0.15) is 5.82 Å². The average Bonchev–Trinajstić information content (AvgIpc) is 2.99. The zero-order valence-electron chi connectivity index (χ0n) is 15.8. The first-order chi connectivity index (χ1) is 13.4. The van der Waals surface area contributed by atoms with Crippen LogP contribution in [0.2, 0.25) is 0 Å². The first-order valence-electron chi connectivity index (χ1n) is 9.35. The van der Waals surface area contributed by atoms with Crippen molar-refractivity contribution in [3.8, 4) is 0 Å². The van der Waals surface area contributed by atoms with Gasteiger partial charge < -0.3 is 9.88 Å². The van der Waals surface area contributed by atoms with Gasteiger partial charge in [0.2, 0.25) is 15.9 Å². The number of nitrogens with zero attached hydrogens (tertiary/aromatic N) is 2. The van der Waals surface area contributed by atoms with Gasteiger partial charge in [-0.1, -0.05) is 6.07 Å². The number of amides is 1. The number of benzene rings is 1. The number of H-pyrrole nitrogens is 1. The van der Waals surface area contributed by atoms with Gasteiger partial charge in [0.05, 0.1) is 4.90 Å². The van der Waals surface area contributed by atoms with Crippen molar-refractivity contribution in [3.63, 3.8) is 0 Å². The first kappa shape index (κ1) is 20.7. The van der Waals surface area contributed by atoms with Crippen LogP contribution in [-0.4, -0.2) is 42.2 Å². The maximum absolute atomic E-state index is 12.5. The predicted molar refractivity (Wildman–Crippen MR) is 108 cm³/mol. The van der Waals surface area contributed by atoms with Crippen LogP contribution in [-0.2, 0) is 41.1 Å². The SMILES string of the molecule is Cn1c(CCNC(=O)CCNS(=O)(=O)c2ccc3c(c2)CCCC3)n[nH]c1=S. The molecule has 0 spiro atoms. The number of hydrogen-bond acceptors (Lipinski definition) is 5. The van der Waals surface area contributed by atoms with Gasteiger partial charge in [-0.3, -0.25) is 9.89 Å². The highest BCUT2D eigenvalue weighted by Gasteiger charge is 2.17. The molecule has 0 fully saturated rings. The van der Waals surface area contributed by atoms with E-state index in [0.717, 1.165) is 37.1 Å². The minimum atomic E-state index is -3.61. The van der Waals surface area contributed by atoms with Crippen molar-refractivity contribution in [1.29, 1.82) is 0 Å². The van der Waals surface area contributed by atoms with Crippen LogP contribution < -0.4 is 10.0 Å². The third-order valence-electron chi connectivity index (χ3n) is 4.92. The number of aryl methyl sites for hydroxylation is 2. The Hall–Kier alpha value is -2.04. The third-order valence-corrected chi connectivity index (χ3v) is 6.74. The van der Waals surface area contributed by atoms with E-state index in [1.165, 1.54) is 5.56 Å². The Labute approximate surface area is 169 Å². The van der Waals surface area contributed by atoms with Crippen LogP contribution in [0.1, 0.15) is 36.2 Å². The Bertz CT molecular complexity index is 1010. The molecular weight excluding hydrogens is 398 g/mol. The van der Waals surface area contributed by atoms with E-state index in [0.29, 0.717) is 17.7 Å². The summed E-state index contributed by atoms with van der Waals surface area (Å²) in [6.45, 7) is 0.460. The molecule has 1 aromatic heterocycles. The largest absolute Gasteiger partial charge is 0.356 e. The Kier molecular flexibility index (Phi) is 6.63. The normalized spacial score (nSPS) is 13.9. The number of carbonyl (C=O) groups excluding carboxylic acids is 1. The number of hydrogen-bond donors (Lipinski definition) is 3. The minimum Gasteiger partial charge on any atom is -0.356 e. The van der Waals surface area contributed by atoms with Crippen LogP contribution in [0.15, 0.2) is 23.1 Å². The van der Waals surface area contributed by atoms with Crippen molar-refractivity contribution in [2.24, 2.45) is 7.05 Å². The molecule has 3 N–H and O–H groups in total. The molecule has 1 amide bonds. The fourth-order valence-electron chi connectivity index (χ4n) is 3.26. The second-order valence-electron chi connectivity index (χ2n) is 6.89. The monoisotopic (exact) mass is 423 g/mol. The summed E-state index contributed by atoms with van der Waals surface area (Å²) in [4.78, 5) is 12.2. The van der Waals surface area contributed by atoms with Crippen molar-refractivity contribution in [3.05, 3.63) is 39.9 Å². The van der Waals surface area contributed by atoms with Crippen molar-refractivity contribution in [2.75, 3.05) is 13.1 Å². The molecule has 0 saturated heterocycles. The molecule has 0 saturated carbocycles. The van der Waals surface area contributed by atoms with E-state index in [2.05, 4.69) is 20.2 Å². The Morgan fingerprint density at radius 2 is 2.00 bits per heavy atom. The van der Waals surface area contributed by atoms with Gasteiger partial charge in [-0.25, -0.2) is 13.1 Å². The van der Waals surface area contributed by atoms with Gasteiger partial charge in [0.25, 0.3) is 0 Å². The molecule has 2 aromatic rings. The number of rotatable bonds is 8. The lowest BCUT2D eigenvalue weighted by molar-refractivity contribution is -0.120. The molecule has 152 valence electrons. The predicted octanol–water partition coefficient (Wildman–Crippen LogP) is 1.38. The van der Waals surface area contributed by atoms with Crippen LogP contribution in [0.4, 0.5) is 0 Å². The molecule has 0 radical (unpaired) electrons. The molecule has 1 aliphatic rings. The van der Waals surface area contributed by atoms with Crippen LogP contribution in [0, 0.1) is 4.77 Å². The minimum absolute atomic E-state index is 0.0533. The molecule has 0 unspecified atom stereocenters. The van der Waals surface area contributed by atoms with Gasteiger partial charge in [0, 0.05) is 33.0 Å². The summed E-state index contributed by atoms with van der Waals surface area (Å²) in [6.07, 6.45) is 4.78. The zero-order chi connectivity index (χ0) is 20.1. The number of aromatic nitrogens is 3. The third kappa shape index (κ3) is 5.06. The molecule has 28 heavy (non-hydrogen) atoms. The van der Waals surface area contributed by atoms with E-state index in [4.69, 9.17) is 12.2 Å². The second-order valence-corrected chi connectivity index (χ2v) is 9.04. The number of sulfonamides is 1. The van der Waals surface area contributed by atoms with Crippen LogP contribution in [0.3, 0.4) is 0 Å². The van der Waals surface area contributed by atoms with E-state index < -0.39 is 10.0 Å². The van der Waals surface area contributed by atoms with Crippen LogP contribution in [0.5, 0.6) is 0 Å². The van der Waals surface area contributed by atoms with Gasteiger partial charge >= 0.3 is 0 Å². The first-order valence-corrected chi connectivity index (χ1v) is 11.2. The highest BCUT2D eigenvalue weighted by Crippen LogP contribution is 2.23. The summed E-state index contributed by atoms with van der Waals surface area (Å²) < 4.78 is 29.7. The van der Waals surface area contributed by atoms with Crippen molar-refractivity contribution < 1.29 is 13.2 Å². The van der Waals surface area contributed by atoms with Gasteiger partial charge in [-0.2, -0.15) is 5.10 Å². The highest BCUT2D eigenvalue weighted by molar-refractivity contribution is 7.89. The zero-order valence-corrected chi connectivity index (χ0v) is 17.5. The van der Waals surface area contributed by atoms with Crippen molar-refractivity contribution >= 4 is 28.1 Å². The Balaban J connectivity index is 1.45. The molecule has 3 rings (SSSR count). The summed E-state index contributed by atoms with van der Waals surface area (Å²) in [7, 11) is -1.81. The van der Waals surface area contributed by atoms with E-state index in [-0.39, 0.29) is 23.8 Å². The molecule has 1 aromatic carbocycles. The number of nitrogens with one attached hydrogen (secondary N) is 3. The molecule has 1 aliphatic carbocycles. The van der Waals surface area contributed by atoms with E-state index in [9.17, 15) is 13.2 Å². The fraction of sp³-hybridized carbons (Fsp3) is 0.500. The van der Waals surface area contributed by atoms with Crippen molar-refractivity contribution in [2.45, 2.75) is 43.4 Å². The van der Waals surface area contributed by atoms with Crippen LogP contribution >= 0.6 is 12.2 Å². The quantitative estimate of drug-likeness (QED) is 0.556. The number of fused-ring (bicyclic) bond motifs is 1. The lowest BCUT2D eigenvalue weighted by atomic mass is 9.92. The molecule has 0 atom stereocenters. The van der Waals surface area contributed by atoms with Gasteiger partial charge in [-0.15, -0.1) is 0 Å². The fourth-order valence-corrected chi connectivity index (χ4v) is 4.50. The van der Waals surface area contributed by atoms with E-state index in [1.807, 2.05) is 6.07 Å². The molecule has 0 bridgehead atoms. The summed E-state index contributed by atoms with van der Waals surface area (Å²) in [6, 6.07) is 5.30. The molecule has 0 aliphatic heterocycles. The summed E-state index contributed by atoms with van der Waals surface area (Å²) in [5.41, 5.74) is 2.35. The van der Waals surface area contributed by atoms with E-state index >= 15 is 0 Å². The standard InChI is InChI=1S/C18H25N5O3S2/c1-23-16(21-22-18(23)27)8-10-19-17(24)9-11-20-28(25,26)15-7-6-13-4-2-3-5-14(13)12-15/h6-7,12,20H,2-5,8-11H2,1H3,(H,19,24)(H,22,27). The van der Waals surface area contributed by atoms with E-state index in [1.54, 1.807) is 23.7 Å². The number of carbonyl (C=O) groups is 1. The van der Waals surface area contributed by atoms with Gasteiger partial charge in [0.15, 0.2) is 4.77 Å². The molecule has 10 heteroatoms. The topological polar surface area (TPSA) is 109 Å². The van der Waals surface area contributed by atoms with Crippen LogP contribution in [0.25, 0.3) is 0 Å². The maximum Gasteiger partial charge on any atom is 0.240 e. The summed E-state index contributed by atoms with van der Waals surface area (Å²) >= 11 is 5.03. The second kappa shape index (κ2) is 8.97. The summed E-state index contributed by atoms with van der Waals surface area (Å²) in [5, 5.41) is 9.52. The lowest BCUT2D eigenvalue weighted by Gasteiger charge is -2.16. The average molecular weight is 424 g/mol. The van der Waals surface area contributed by atoms with Crippen molar-refractivity contribution in [1.82, 2.24) is 24.8 Å².